The number of hydrogen-bond acceptors (Lipinski definition) is 4. The van der Waals surface area contributed by atoms with Crippen molar-refractivity contribution in [3.8, 4) is 0 Å². The molecule has 0 unspecified atom stereocenters. The van der Waals surface area contributed by atoms with E-state index in [9.17, 15) is 9.59 Å². The van der Waals surface area contributed by atoms with Crippen LogP contribution in [0.15, 0.2) is 52.4 Å². The van der Waals surface area contributed by atoms with E-state index in [2.05, 4.69) is 17.2 Å². The van der Waals surface area contributed by atoms with E-state index < -0.39 is 0 Å². The first kappa shape index (κ1) is 19.2. The molecule has 1 aromatic carbocycles. The Morgan fingerprint density at radius 3 is 2.37 bits per heavy atom. The predicted molar refractivity (Wildman–Crippen MR) is 110 cm³/mol. The Kier molecular flexibility index (Phi) is 6.34. The Morgan fingerprint density at radius 1 is 1.07 bits per heavy atom. The normalized spacial score (nSPS) is 11.0. The van der Waals surface area contributed by atoms with E-state index >= 15 is 0 Å². The number of carbonyl (C=O) groups excluding carboxylic acids is 1. The number of aryl methyl sites for hydroxylation is 2. The van der Waals surface area contributed by atoms with Gasteiger partial charge in [0.25, 0.3) is 0 Å². The highest BCUT2D eigenvalue weighted by molar-refractivity contribution is 7.99. The van der Waals surface area contributed by atoms with Gasteiger partial charge in [-0.05, 0) is 36.4 Å². The number of imidazole rings is 1. The minimum absolute atomic E-state index is 0.0616. The monoisotopic (exact) mass is 384 g/mol. The molecule has 2 aromatic heterocycles. The molecule has 0 aliphatic heterocycles. The highest BCUT2D eigenvalue weighted by atomic mass is 32.2. The van der Waals surface area contributed by atoms with Crippen molar-refractivity contribution in [3.63, 3.8) is 0 Å². The lowest BCUT2D eigenvalue weighted by atomic mass is 10.3. The lowest BCUT2D eigenvalue weighted by molar-refractivity contribution is -0.116. The van der Waals surface area contributed by atoms with Crippen molar-refractivity contribution in [3.05, 3.63) is 53.1 Å². The molecule has 0 spiro atoms. The van der Waals surface area contributed by atoms with Gasteiger partial charge in [0.1, 0.15) is 0 Å². The van der Waals surface area contributed by atoms with E-state index in [0.29, 0.717) is 18.8 Å². The van der Waals surface area contributed by atoms with Crippen LogP contribution in [0.2, 0.25) is 0 Å². The second kappa shape index (κ2) is 8.90. The van der Waals surface area contributed by atoms with E-state index in [-0.39, 0.29) is 18.0 Å². The van der Waals surface area contributed by atoms with Crippen molar-refractivity contribution in [1.82, 2.24) is 14.1 Å². The number of pyridine rings is 1. The van der Waals surface area contributed by atoms with Crippen molar-refractivity contribution in [2.45, 2.75) is 44.8 Å². The van der Waals surface area contributed by atoms with Gasteiger partial charge in [-0.3, -0.25) is 13.9 Å². The van der Waals surface area contributed by atoms with Gasteiger partial charge >= 0.3 is 5.69 Å². The number of fused-ring (bicyclic) bond motifs is 1. The van der Waals surface area contributed by atoms with Crippen LogP contribution in [-0.2, 0) is 17.9 Å². The maximum absolute atomic E-state index is 12.7. The molecule has 7 heteroatoms. The SMILES string of the molecule is CCCn1c(=O)n(CCC(=O)Nc2ccc(SCC)nc2)c2ccccc21. The van der Waals surface area contributed by atoms with E-state index in [1.54, 1.807) is 27.1 Å². The second-order valence-corrected chi connectivity index (χ2v) is 7.48. The van der Waals surface area contributed by atoms with Gasteiger partial charge in [0, 0.05) is 19.5 Å². The lowest BCUT2D eigenvalue weighted by Gasteiger charge is -2.06. The molecule has 6 nitrogen and oxygen atoms in total. The number of nitrogens with zero attached hydrogens (tertiary/aromatic N) is 3. The zero-order valence-electron chi connectivity index (χ0n) is 15.6. The van der Waals surface area contributed by atoms with Crippen molar-refractivity contribution in [2.75, 3.05) is 11.1 Å². The van der Waals surface area contributed by atoms with E-state index in [0.717, 1.165) is 28.2 Å². The van der Waals surface area contributed by atoms with Gasteiger partial charge < -0.3 is 5.32 Å². The number of aromatic nitrogens is 3. The molecule has 0 bridgehead atoms. The second-order valence-electron chi connectivity index (χ2n) is 6.19. The summed E-state index contributed by atoms with van der Waals surface area (Å²) in [4.78, 5) is 29.3. The number of nitrogens with one attached hydrogen (secondary N) is 1. The zero-order valence-corrected chi connectivity index (χ0v) is 16.5. The molecule has 0 saturated heterocycles. The van der Waals surface area contributed by atoms with E-state index in [1.165, 1.54) is 0 Å². The van der Waals surface area contributed by atoms with Crippen LogP contribution in [-0.4, -0.2) is 25.8 Å². The number of benzene rings is 1. The number of anilines is 1. The molecule has 3 aromatic rings. The van der Waals surface area contributed by atoms with Crippen LogP contribution in [0.3, 0.4) is 0 Å². The molecule has 2 heterocycles. The summed E-state index contributed by atoms with van der Waals surface area (Å²) in [5, 5.41) is 3.78. The van der Waals surface area contributed by atoms with Crippen molar-refractivity contribution >= 4 is 34.4 Å². The Balaban J connectivity index is 1.70. The molecular weight excluding hydrogens is 360 g/mol. The summed E-state index contributed by atoms with van der Waals surface area (Å²) in [5.41, 5.74) is 2.39. The fourth-order valence-corrected chi connectivity index (χ4v) is 3.64. The van der Waals surface area contributed by atoms with Gasteiger partial charge in [-0.1, -0.05) is 26.0 Å². The molecule has 0 atom stereocenters. The summed E-state index contributed by atoms with van der Waals surface area (Å²) in [6, 6.07) is 11.5. The number of amides is 1. The third-order valence-corrected chi connectivity index (χ3v) is 5.07. The van der Waals surface area contributed by atoms with Crippen LogP contribution in [0.4, 0.5) is 5.69 Å². The summed E-state index contributed by atoms with van der Waals surface area (Å²) >= 11 is 1.66. The minimum Gasteiger partial charge on any atom is -0.325 e. The number of hydrogen-bond donors (Lipinski definition) is 1. The van der Waals surface area contributed by atoms with Crippen LogP contribution < -0.4 is 11.0 Å². The van der Waals surface area contributed by atoms with Crippen LogP contribution in [0, 0.1) is 0 Å². The van der Waals surface area contributed by atoms with Gasteiger partial charge in [0.15, 0.2) is 0 Å². The quantitative estimate of drug-likeness (QED) is 0.601. The first-order valence-corrected chi connectivity index (χ1v) is 10.2. The molecule has 0 aliphatic carbocycles. The molecular formula is C20H24N4O2S. The van der Waals surface area contributed by atoms with Gasteiger partial charge in [-0.2, -0.15) is 0 Å². The van der Waals surface area contributed by atoms with Crippen LogP contribution in [0.25, 0.3) is 11.0 Å². The summed E-state index contributed by atoms with van der Waals surface area (Å²) in [5.74, 6) is 0.825. The Bertz CT molecular complexity index is 976. The summed E-state index contributed by atoms with van der Waals surface area (Å²) < 4.78 is 3.46. The highest BCUT2D eigenvalue weighted by Crippen LogP contribution is 2.17. The molecule has 1 amide bonds. The Labute approximate surface area is 162 Å². The molecule has 1 N–H and O–H groups in total. The third kappa shape index (κ3) is 4.42. The molecule has 0 fully saturated rings. The summed E-state index contributed by atoms with van der Waals surface area (Å²) in [6.07, 6.45) is 2.77. The van der Waals surface area contributed by atoms with Gasteiger partial charge in [-0.25, -0.2) is 9.78 Å². The van der Waals surface area contributed by atoms with Crippen molar-refractivity contribution < 1.29 is 4.79 Å². The standard InChI is InChI=1S/C20H24N4O2S/c1-3-12-23-16-7-5-6-8-17(16)24(20(23)26)13-11-18(25)22-15-9-10-19(21-14-15)27-4-2/h5-10,14H,3-4,11-13H2,1-2H3,(H,22,25). The van der Waals surface area contributed by atoms with E-state index in [4.69, 9.17) is 0 Å². The first-order chi connectivity index (χ1) is 13.1. The zero-order chi connectivity index (χ0) is 19.2. The maximum Gasteiger partial charge on any atom is 0.329 e. The van der Waals surface area contributed by atoms with Gasteiger partial charge in [0.05, 0.1) is 27.9 Å². The number of para-hydroxylation sites is 2. The molecule has 0 aliphatic rings. The van der Waals surface area contributed by atoms with E-state index in [1.807, 2.05) is 43.3 Å². The van der Waals surface area contributed by atoms with Gasteiger partial charge in [-0.15, -0.1) is 11.8 Å². The first-order valence-electron chi connectivity index (χ1n) is 9.20. The van der Waals surface area contributed by atoms with Crippen molar-refractivity contribution in [2.24, 2.45) is 0 Å². The molecule has 142 valence electrons. The lowest BCUT2D eigenvalue weighted by Crippen LogP contribution is -2.26. The maximum atomic E-state index is 12.7. The van der Waals surface area contributed by atoms with Crippen LogP contribution >= 0.6 is 11.8 Å². The average molecular weight is 385 g/mol. The largest absolute Gasteiger partial charge is 0.329 e. The predicted octanol–water partition coefficient (Wildman–Crippen LogP) is 3.75. The number of thioether (sulfide) groups is 1. The average Bonchev–Trinajstić information content (AvgIpc) is 2.94. The summed E-state index contributed by atoms with van der Waals surface area (Å²) in [6.45, 7) is 5.14. The topological polar surface area (TPSA) is 68.9 Å². The summed E-state index contributed by atoms with van der Waals surface area (Å²) in [7, 11) is 0. The van der Waals surface area contributed by atoms with Crippen LogP contribution in [0.5, 0.6) is 0 Å². The fourth-order valence-electron chi connectivity index (χ4n) is 3.05. The number of carbonyl (C=O) groups is 1. The fraction of sp³-hybridized carbons (Fsp3) is 0.350. The third-order valence-electron chi connectivity index (χ3n) is 4.25. The molecule has 3 rings (SSSR count). The molecule has 27 heavy (non-hydrogen) atoms. The molecule has 0 radical (unpaired) electrons. The smallest absolute Gasteiger partial charge is 0.325 e. The Hall–Kier alpha value is -2.54. The number of rotatable bonds is 8. The van der Waals surface area contributed by atoms with Gasteiger partial charge in [0.2, 0.25) is 5.91 Å². The minimum atomic E-state index is -0.132. The highest BCUT2D eigenvalue weighted by Gasteiger charge is 2.13. The van der Waals surface area contributed by atoms with Crippen LogP contribution in [0.1, 0.15) is 26.7 Å². The Morgan fingerprint density at radius 2 is 1.78 bits per heavy atom. The molecule has 0 saturated carbocycles. The van der Waals surface area contributed by atoms with Crippen molar-refractivity contribution in [1.29, 1.82) is 0 Å².